The first-order chi connectivity index (χ1) is 11.6. The maximum atomic E-state index is 12.7. The first-order valence-corrected chi connectivity index (χ1v) is 8.27. The lowest BCUT2D eigenvalue weighted by Crippen LogP contribution is -2.26. The summed E-state index contributed by atoms with van der Waals surface area (Å²) in [4.78, 5) is 26.2. The fourth-order valence-corrected chi connectivity index (χ4v) is 3.45. The van der Waals surface area contributed by atoms with Gasteiger partial charge >= 0.3 is 0 Å². The Balaban J connectivity index is 1.57. The van der Waals surface area contributed by atoms with E-state index in [1.165, 1.54) is 11.3 Å². The van der Waals surface area contributed by atoms with E-state index in [9.17, 15) is 4.79 Å². The maximum absolute atomic E-state index is 12.7. The summed E-state index contributed by atoms with van der Waals surface area (Å²) >= 11 is 1.38. The highest BCUT2D eigenvalue weighted by atomic mass is 32.1. The van der Waals surface area contributed by atoms with Crippen LogP contribution in [0.4, 0.5) is 5.13 Å². The summed E-state index contributed by atoms with van der Waals surface area (Å²) in [6, 6.07) is 13.2. The number of anilines is 1. The number of nitrogens with two attached hydrogens (primary N) is 1. The number of fused-ring (bicyclic) bond motifs is 2. The number of hydrogen-bond acceptors (Lipinski definition) is 5. The van der Waals surface area contributed by atoms with Gasteiger partial charge in [0.25, 0.3) is 5.91 Å². The minimum atomic E-state index is -0.0654. The molecular weight excluding hydrogens is 322 g/mol. The Hall–Kier alpha value is -2.93. The highest BCUT2D eigenvalue weighted by Gasteiger charge is 2.15. The predicted molar refractivity (Wildman–Crippen MR) is 95.9 cm³/mol. The molecule has 0 spiro atoms. The lowest BCUT2D eigenvalue weighted by Gasteiger charge is -2.15. The van der Waals surface area contributed by atoms with Crippen LogP contribution in [0.2, 0.25) is 0 Å². The van der Waals surface area contributed by atoms with E-state index in [0.29, 0.717) is 17.2 Å². The highest BCUT2D eigenvalue weighted by molar-refractivity contribution is 7.22. The molecule has 0 unspecified atom stereocenters. The van der Waals surface area contributed by atoms with Crippen molar-refractivity contribution in [3.8, 4) is 0 Å². The molecule has 0 radical (unpaired) electrons. The van der Waals surface area contributed by atoms with Crippen LogP contribution in [-0.4, -0.2) is 32.8 Å². The predicted octanol–water partition coefficient (Wildman–Crippen LogP) is 3.03. The average Bonchev–Trinajstić information content (AvgIpc) is 3.14. The standard InChI is InChI=1S/C17H15N5OS/c1-22(9-15-19-11-4-2-3-5-12(11)20-15)16(23)10-6-7-13-14(8-10)24-17(18)21-13/h2-8H,9H2,1H3,(H2,18,21)(H,19,20). The number of nitrogens with zero attached hydrogens (tertiary/aromatic N) is 3. The van der Waals surface area contributed by atoms with Gasteiger partial charge < -0.3 is 15.6 Å². The third kappa shape index (κ3) is 2.59. The van der Waals surface area contributed by atoms with E-state index in [1.807, 2.05) is 36.4 Å². The van der Waals surface area contributed by atoms with Crippen LogP contribution in [0.15, 0.2) is 42.5 Å². The van der Waals surface area contributed by atoms with Gasteiger partial charge in [-0.15, -0.1) is 0 Å². The largest absolute Gasteiger partial charge is 0.375 e. The van der Waals surface area contributed by atoms with Crippen molar-refractivity contribution in [2.24, 2.45) is 0 Å². The number of rotatable bonds is 3. The molecule has 0 fully saturated rings. The monoisotopic (exact) mass is 337 g/mol. The van der Waals surface area contributed by atoms with Gasteiger partial charge in [-0.05, 0) is 30.3 Å². The Labute approximate surface area is 141 Å². The van der Waals surface area contributed by atoms with Crippen LogP contribution >= 0.6 is 11.3 Å². The summed E-state index contributed by atoms with van der Waals surface area (Å²) in [6.07, 6.45) is 0. The van der Waals surface area contributed by atoms with Crippen LogP contribution in [0.25, 0.3) is 21.3 Å². The van der Waals surface area contributed by atoms with Crippen molar-refractivity contribution < 1.29 is 4.79 Å². The van der Waals surface area contributed by atoms with Gasteiger partial charge in [0.05, 0.1) is 27.8 Å². The van der Waals surface area contributed by atoms with Gasteiger partial charge in [0.15, 0.2) is 5.13 Å². The summed E-state index contributed by atoms with van der Waals surface area (Å²) in [7, 11) is 1.76. The lowest BCUT2D eigenvalue weighted by molar-refractivity contribution is 0.0782. The van der Waals surface area contributed by atoms with E-state index < -0.39 is 0 Å². The molecule has 6 nitrogen and oxygen atoms in total. The number of amides is 1. The molecule has 3 N–H and O–H groups in total. The van der Waals surface area contributed by atoms with Gasteiger partial charge in [0.2, 0.25) is 0 Å². The molecule has 2 aromatic heterocycles. The van der Waals surface area contributed by atoms with Crippen molar-refractivity contribution in [3.63, 3.8) is 0 Å². The van der Waals surface area contributed by atoms with Gasteiger partial charge in [-0.3, -0.25) is 4.79 Å². The van der Waals surface area contributed by atoms with Gasteiger partial charge in [-0.25, -0.2) is 9.97 Å². The van der Waals surface area contributed by atoms with E-state index >= 15 is 0 Å². The van der Waals surface area contributed by atoms with Crippen molar-refractivity contribution >= 4 is 43.6 Å². The summed E-state index contributed by atoms with van der Waals surface area (Å²) in [5.74, 6) is 0.694. The number of aromatic nitrogens is 3. The van der Waals surface area contributed by atoms with E-state index in [2.05, 4.69) is 15.0 Å². The second kappa shape index (κ2) is 5.61. The van der Waals surface area contributed by atoms with Gasteiger partial charge in [0, 0.05) is 12.6 Å². The summed E-state index contributed by atoms with van der Waals surface area (Å²) < 4.78 is 0.912. The zero-order valence-corrected chi connectivity index (χ0v) is 13.8. The van der Waals surface area contributed by atoms with E-state index in [0.717, 1.165) is 27.1 Å². The number of imidazole rings is 1. The number of nitrogens with one attached hydrogen (secondary N) is 1. The number of carbonyl (C=O) groups excluding carboxylic acids is 1. The number of para-hydroxylation sites is 2. The second-order valence-electron chi connectivity index (χ2n) is 5.60. The molecule has 4 aromatic rings. The van der Waals surface area contributed by atoms with Crippen LogP contribution < -0.4 is 5.73 Å². The quantitative estimate of drug-likeness (QED) is 0.601. The Bertz CT molecular complexity index is 1020. The number of carbonyl (C=O) groups is 1. The van der Waals surface area contributed by atoms with Crippen LogP contribution in [-0.2, 0) is 6.54 Å². The first-order valence-electron chi connectivity index (χ1n) is 7.45. The summed E-state index contributed by atoms with van der Waals surface area (Å²) in [6.45, 7) is 0.413. The number of benzene rings is 2. The Morgan fingerprint density at radius 2 is 2.04 bits per heavy atom. The van der Waals surface area contributed by atoms with Crippen LogP contribution in [0.1, 0.15) is 16.2 Å². The zero-order chi connectivity index (χ0) is 16.7. The molecule has 1 amide bonds. The zero-order valence-electron chi connectivity index (χ0n) is 13.0. The number of thiazole rings is 1. The molecular formula is C17H15N5OS. The molecule has 0 saturated heterocycles. The number of H-pyrrole nitrogens is 1. The Morgan fingerprint density at radius 3 is 2.88 bits per heavy atom. The van der Waals surface area contributed by atoms with Gasteiger partial charge in [-0.2, -0.15) is 0 Å². The topological polar surface area (TPSA) is 87.9 Å². The number of hydrogen-bond donors (Lipinski definition) is 2. The van der Waals surface area contributed by atoms with Crippen molar-refractivity contribution in [3.05, 3.63) is 53.9 Å². The summed E-state index contributed by atoms with van der Waals surface area (Å²) in [5.41, 5.74) is 9.01. The molecule has 0 aliphatic heterocycles. The van der Waals surface area contributed by atoms with Crippen LogP contribution in [0, 0.1) is 0 Å². The third-order valence-corrected chi connectivity index (χ3v) is 4.67. The minimum Gasteiger partial charge on any atom is -0.375 e. The second-order valence-corrected chi connectivity index (χ2v) is 6.66. The molecule has 7 heteroatoms. The molecule has 120 valence electrons. The normalized spacial score (nSPS) is 11.2. The van der Waals surface area contributed by atoms with Crippen molar-refractivity contribution in [1.29, 1.82) is 0 Å². The molecule has 0 atom stereocenters. The van der Waals surface area contributed by atoms with Crippen LogP contribution in [0.3, 0.4) is 0 Å². The SMILES string of the molecule is CN(Cc1nc2ccccc2[nH]1)C(=O)c1ccc2nc(N)sc2c1. The molecule has 2 heterocycles. The fourth-order valence-electron chi connectivity index (χ4n) is 2.67. The molecule has 0 aliphatic rings. The Kier molecular flexibility index (Phi) is 3.42. The van der Waals surface area contributed by atoms with Crippen molar-refractivity contribution in [2.45, 2.75) is 6.54 Å². The minimum absolute atomic E-state index is 0.0654. The van der Waals surface area contributed by atoms with Crippen molar-refractivity contribution in [2.75, 3.05) is 12.8 Å². The molecule has 24 heavy (non-hydrogen) atoms. The fraction of sp³-hybridized carbons (Fsp3) is 0.118. The molecule has 0 bridgehead atoms. The summed E-state index contributed by atoms with van der Waals surface area (Å²) in [5, 5.41) is 0.505. The molecule has 0 aliphatic carbocycles. The highest BCUT2D eigenvalue weighted by Crippen LogP contribution is 2.25. The number of nitrogen functional groups attached to an aromatic ring is 1. The maximum Gasteiger partial charge on any atom is 0.254 e. The van der Waals surface area contributed by atoms with Crippen molar-refractivity contribution in [1.82, 2.24) is 19.9 Å². The van der Waals surface area contributed by atoms with E-state index in [4.69, 9.17) is 5.73 Å². The van der Waals surface area contributed by atoms with E-state index in [-0.39, 0.29) is 5.91 Å². The van der Waals surface area contributed by atoms with Gasteiger partial charge in [0.1, 0.15) is 5.82 Å². The molecule has 0 saturated carbocycles. The third-order valence-electron chi connectivity index (χ3n) is 3.82. The molecule has 2 aromatic carbocycles. The Morgan fingerprint density at radius 1 is 1.21 bits per heavy atom. The average molecular weight is 337 g/mol. The van der Waals surface area contributed by atoms with Gasteiger partial charge in [-0.1, -0.05) is 23.5 Å². The number of aromatic amines is 1. The lowest BCUT2D eigenvalue weighted by atomic mass is 10.2. The smallest absolute Gasteiger partial charge is 0.254 e. The van der Waals surface area contributed by atoms with E-state index in [1.54, 1.807) is 18.0 Å². The molecule has 4 rings (SSSR count). The van der Waals surface area contributed by atoms with Crippen LogP contribution in [0.5, 0.6) is 0 Å². The first kappa shape index (κ1) is 14.6.